The van der Waals surface area contributed by atoms with Gasteiger partial charge in [-0.2, -0.15) is 11.8 Å². The number of hydrogen-bond donors (Lipinski definition) is 4. The highest BCUT2D eigenvalue weighted by Gasteiger charge is 2.39. The van der Waals surface area contributed by atoms with Crippen molar-refractivity contribution in [2.75, 3.05) is 11.5 Å². The summed E-state index contributed by atoms with van der Waals surface area (Å²) in [5, 5.41) is 38.8. The van der Waals surface area contributed by atoms with Crippen LogP contribution in [0.5, 0.6) is 5.75 Å². The Morgan fingerprint density at radius 2 is 2.10 bits per heavy atom. The van der Waals surface area contributed by atoms with Crippen molar-refractivity contribution in [3.8, 4) is 5.75 Å². The number of aliphatic hydroxyl groups is 2. The van der Waals surface area contributed by atoms with Gasteiger partial charge in [0.25, 0.3) is 0 Å². The summed E-state index contributed by atoms with van der Waals surface area (Å²) in [4.78, 5) is 22.8. The number of phenolic OH excluding ortho intramolecular Hbond substituents is 1. The van der Waals surface area contributed by atoms with E-state index in [1.54, 1.807) is 43.0 Å². The van der Waals surface area contributed by atoms with E-state index < -0.39 is 18.2 Å². The third-order valence-corrected chi connectivity index (χ3v) is 6.35. The fourth-order valence-electron chi connectivity index (χ4n) is 3.64. The molecule has 1 aromatic carbocycles. The van der Waals surface area contributed by atoms with Gasteiger partial charge < -0.3 is 20.4 Å². The molecule has 1 aromatic rings. The van der Waals surface area contributed by atoms with Crippen molar-refractivity contribution in [1.29, 1.82) is 0 Å². The highest BCUT2D eigenvalue weighted by atomic mass is 32.2. The summed E-state index contributed by atoms with van der Waals surface area (Å²) in [7, 11) is 0. The number of aliphatic hydroxyl groups excluding tert-OH is 2. The topological polar surface area (TPSA) is 115 Å². The molecule has 0 bridgehead atoms. The van der Waals surface area contributed by atoms with Gasteiger partial charge in [0.05, 0.1) is 12.2 Å². The molecule has 0 aliphatic heterocycles. The van der Waals surface area contributed by atoms with Gasteiger partial charge in [-0.1, -0.05) is 24.3 Å². The predicted octanol–water partition coefficient (Wildman–Crippen LogP) is 2.71. The molecular formula is C22H30O6S. The van der Waals surface area contributed by atoms with Crippen molar-refractivity contribution < 1.29 is 30.0 Å². The highest BCUT2D eigenvalue weighted by molar-refractivity contribution is 7.99. The number of thioether (sulfide) groups is 1. The van der Waals surface area contributed by atoms with Crippen LogP contribution in [0, 0.1) is 18.8 Å². The molecule has 4 N–H and O–H groups in total. The Balaban J connectivity index is 1.85. The van der Waals surface area contributed by atoms with E-state index in [4.69, 9.17) is 5.11 Å². The zero-order chi connectivity index (χ0) is 21.4. The molecule has 0 heterocycles. The largest absolute Gasteiger partial charge is 0.508 e. The van der Waals surface area contributed by atoms with E-state index in [9.17, 15) is 24.9 Å². The molecule has 4 atom stereocenters. The first-order valence-corrected chi connectivity index (χ1v) is 11.1. The number of rotatable bonds is 11. The van der Waals surface area contributed by atoms with Gasteiger partial charge in [0, 0.05) is 31.1 Å². The summed E-state index contributed by atoms with van der Waals surface area (Å²) < 4.78 is 0. The third-order valence-electron chi connectivity index (χ3n) is 5.25. The van der Waals surface area contributed by atoms with E-state index in [-0.39, 0.29) is 36.2 Å². The minimum atomic E-state index is -0.800. The zero-order valence-electron chi connectivity index (χ0n) is 16.7. The number of carboxylic acids is 1. The monoisotopic (exact) mass is 422 g/mol. The Labute approximate surface area is 175 Å². The van der Waals surface area contributed by atoms with E-state index in [0.717, 1.165) is 22.6 Å². The average molecular weight is 423 g/mol. The molecule has 160 valence electrons. The molecule has 0 spiro atoms. The molecule has 29 heavy (non-hydrogen) atoms. The molecule has 1 saturated carbocycles. The Morgan fingerprint density at radius 3 is 2.79 bits per heavy atom. The summed E-state index contributed by atoms with van der Waals surface area (Å²) in [6, 6.07) is 5.19. The Kier molecular flexibility index (Phi) is 9.20. The first-order chi connectivity index (χ1) is 13.8. The number of aromatic hydroxyl groups is 1. The van der Waals surface area contributed by atoms with Gasteiger partial charge in [0.15, 0.2) is 0 Å². The lowest BCUT2D eigenvalue weighted by Gasteiger charge is -2.18. The zero-order valence-corrected chi connectivity index (χ0v) is 17.5. The van der Waals surface area contributed by atoms with Crippen LogP contribution in [0.2, 0.25) is 0 Å². The summed E-state index contributed by atoms with van der Waals surface area (Å²) in [5.41, 5.74) is 1.64. The maximum Gasteiger partial charge on any atom is 0.303 e. The quantitative estimate of drug-likeness (QED) is 0.320. The van der Waals surface area contributed by atoms with Gasteiger partial charge in [-0.25, -0.2) is 0 Å². The minimum absolute atomic E-state index is 0.0435. The van der Waals surface area contributed by atoms with Crippen LogP contribution in [0.4, 0.5) is 0 Å². The number of ketones is 1. The molecule has 2 rings (SSSR count). The van der Waals surface area contributed by atoms with Gasteiger partial charge in [-0.05, 0) is 48.5 Å². The average Bonchev–Trinajstić information content (AvgIpc) is 2.92. The van der Waals surface area contributed by atoms with Gasteiger partial charge in [0.2, 0.25) is 0 Å². The number of benzene rings is 1. The standard InChI is InChI=1S/C22H30O6S/c1-14-11-15(4-7-19(14)24)12-16(23)5-6-17-18(21(26)13-20(17)25)8-10-29-9-2-3-22(27)28/h4-7,11,16-18,20,23-25H,2-3,8-10,12-13H2,1H3,(H,27,28)/b6-5+. The van der Waals surface area contributed by atoms with Crippen LogP contribution in [0.1, 0.15) is 36.8 Å². The molecule has 0 radical (unpaired) electrons. The van der Waals surface area contributed by atoms with E-state index in [1.165, 1.54) is 0 Å². The van der Waals surface area contributed by atoms with E-state index in [2.05, 4.69) is 0 Å². The van der Waals surface area contributed by atoms with Crippen molar-refractivity contribution in [3.05, 3.63) is 41.5 Å². The molecule has 7 heteroatoms. The lowest BCUT2D eigenvalue weighted by molar-refractivity contribution is -0.137. The molecule has 1 aliphatic rings. The fourth-order valence-corrected chi connectivity index (χ4v) is 4.61. The van der Waals surface area contributed by atoms with Gasteiger partial charge >= 0.3 is 5.97 Å². The molecular weight excluding hydrogens is 392 g/mol. The molecule has 0 amide bonds. The van der Waals surface area contributed by atoms with Crippen LogP contribution >= 0.6 is 11.8 Å². The maximum absolute atomic E-state index is 12.2. The van der Waals surface area contributed by atoms with Crippen molar-refractivity contribution in [2.24, 2.45) is 11.8 Å². The van der Waals surface area contributed by atoms with Gasteiger partial charge in [-0.3, -0.25) is 9.59 Å². The second-order valence-corrected chi connectivity index (χ2v) is 8.82. The summed E-state index contributed by atoms with van der Waals surface area (Å²) in [6.07, 6.45) is 3.84. The Bertz CT molecular complexity index is 732. The minimum Gasteiger partial charge on any atom is -0.508 e. The van der Waals surface area contributed by atoms with Crippen molar-refractivity contribution >= 4 is 23.5 Å². The van der Waals surface area contributed by atoms with Gasteiger partial charge in [-0.15, -0.1) is 0 Å². The number of carboxylic acid groups (broad SMARTS) is 1. The molecule has 0 aromatic heterocycles. The first-order valence-electron chi connectivity index (χ1n) is 9.93. The number of hydrogen-bond acceptors (Lipinski definition) is 6. The van der Waals surface area contributed by atoms with Crippen LogP contribution in [-0.4, -0.2) is 55.9 Å². The summed E-state index contributed by atoms with van der Waals surface area (Å²) in [6.45, 7) is 1.80. The lowest BCUT2D eigenvalue weighted by atomic mass is 9.91. The van der Waals surface area contributed by atoms with E-state index in [1.807, 2.05) is 6.07 Å². The number of Topliss-reactive ketones (excluding diaryl/α,β-unsaturated/α-hetero) is 1. The van der Waals surface area contributed by atoms with Crippen LogP contribution < -0.4 is 0 Å². The second-order valence-electron chi connectivity index (χ2n) is 7.60. The maximum atomic E-state index is 12.2. The SMILES string of the molecule is Cc1cc(CC(O)/C=C/C2C(O)CC(=O)C2CCSCCCC(=O)O)ccc1O. The molecule has 4 unspecified atom stereocenters. The number of aryl methyl sites for hydroxylation is 1. The smallest absolute Gasteiger partial charge is 0.303 e. The third kappa shape index (κ3) is 7.49. The van der Waals surface area contributed by atoms with Crippen molar-refractivity contribution in [1.82, 2.24) is 0 Å². The molecule has 1 fully saturated rings. The molecule has 0 saturated heterocycles. The molecule has 1 aliphatic carbocycles. The Morgan fingerprint density at radius 1 is 1.34 bits per heavy atom. The summed E-state index contributed by atoms with van der Waals surface area (Å²) >= 11 is 1.62. The number of carbonyl (C=O) groups is 2. The normalized spacial score (nSPS) is 23.0. The van der Waals surface area contributed by atoms with E-state index >= 15 is 0 Å². The van der Waals surface area contributed by atoms with Gasteiger partial charge in [0.1, 0.15) is 11.5 Å². The van der Waals surface area contributed by atoms with Crippen molar-refractivity contribution in [3.63, 3.8) is 0 Å². The summed E-state index contributed by atoms with van der Waals surface area (Å²) in [5.74, 6) is 0.362. The fraction of sp³-hybridized carbons (Fsp3) is 0.545. The Hall–Kier alpha value is -1.83. The number of phenols is 1. The number of carbonyl (C=O) groups excluding carboxylic acids is 1. The van der Waals surface area contributed by atoms with Crippen LogP contribution in [-0.2, 0) is 16.0 Å². The second kappa shape index (κ2) is 11.4. The number of aliphatic carboxylic acids is 1. The van der Waals surface area contributed by atoms with Crippen LogP contribution in [0.15, 0.2) is 30.4 Å². The predicted molar refractivity (Wildman–Crippen MR) is 113 cm³/mol. The lowest BCUT2D eigenvalue weighted by Crippen LogP contribution is -2.20. The highest BCUT2D eigenvalue weighted by Crippen LogP contribution is 2.34. The van der Waals surface area contributed by atoms with Crippen molar-refractivity contribution in [2.45, 2.75) is 51.2 Å². The van der Waals surface area contributed by atoms with E-state index in [0.29, 0.717) is 19.3 Å². The molecule has 6 nitrogen and oxygen atoms in total. The van der Waals surface area contributed by atoms with Crippen LogP contribution in [0.25, 0.3) is 0 Å². The van der Waals surface area contributed by atoms with Crippen LogP contribution in [0.3, 0.4) is 0 Å². The first kappa shape index (κ1) is 23.4.